The molecule has 1 heterocycles. The summed E-state index contributed by atoms with van der Waals surface area (Å²) in [7, 11) is 0. The molecule has 0 aromatic heterocycles. The average molecular weight is 186 g/mol. The van der Waals surface area contributed by atoms with Gasteiger partial charge in [0.2, 0.25) is 0 Å². The third-order valence-corrected chi connectivity index (χ3v) is 2.13. The van der Waals surface area contributed by atoms with Crippen LogP contribution in [0.15, 0.2) is 0 Å². The monoisotopic (exact) mass is 186 g/mol. The highest BCUT2D eigenvalue weighted by Gasteiger charge is 2.45. The normalized spacial score (nSPS) is 25.7. The van der Waals surface area contributed by atoms with Gasteiger partial charge in [0.1, 0.15) is 0 Å². The molecule has 3 heteroatoms. The molecule has 0 aromatic rings. The van der Waals surface area contributed by atoms with Crippen LogP contribution < -0.4 is 0 Å². The largest absolute Gasteiger partial charge is 0.464 e. The molecule has 0 radical (unpaired) electrons. The molecule has 0 aliphatic carbocycles. The van der Waals surface area contributed by atoms with Gasteiger partial charge in [-0.3, -0.25) is 0 Å². The Morgan fingerprint density at radius 1 is 1.38 bits per heavy atom. The number of rotatable bonds is 6. The maximum absolute atomic E-state index is 11.2. The quantitative estimate of drug-likeness (QED) is 0.361. The number of hydrogen-bond acceptors (Lipinski definition) is 3. The lowest BCUT2D eigenvalue weighted by atomic mass is 10.2. The van der Waals surface area contributed by atoms with Crippen molar-refractivity contribution in [3.63, 3.8) is 0 Å². The zero-order valence-electron chi connectivity index (χ0n) is 8.41. The van der Waals surface area contributed by atoms with Gasteiger partial charge >= 0.3 is 5.97 Å². The smallest absolute Gasteiger partial charge is 0.338 e. The maximum Gasteiger partial charge on any atom is 0.338 e. The first-order valence-corrected chi connectivity index (χ1v) is 5.11. The third kappa shape index (κ3) is 3.35. The van der Waals surface area contributed by atoms with Gasteiger partial charge in [-0.2, -0.15) is 0 Å². The Morgan fingerprint density at radius 2 is 2.15 bits per heavy atom. The molecule has 1 aliphatic rings. The second-order valence-corrected chi connectivity index (χ2v) is 3.40. The molecule has 76 valence electrons. The molecule has 0 amide bonds. The molecule has 0 aromatic carbocycles. The number of epoxide rings is 1. The lowest BCUT2D eigenvalue weighted by Crippen LogP contribution is -2.14. The Bertz CT molecular complexity index is 168. The van der Waals surface area contributed by atoms with Crippen LogP contribution >= 0.6 is 0 Å². The Hall–Kier alpha value is -0.570. The molecule has 1 aliphatic heterocycles. The minimum atomic E-state index is -0.253. The molecule has 0 unspecified atom stereocenters. The first kappa shape index (κ1) is 10.5. The van der Waals surface area contributed by atoms with E-state index in [0.29, 0.717) is 6.61 Å². The molecule has 0 bridgehead atoms. The molecule has 2 atom stereocenters. The molecule has 0 saturated carbocycles. The number of carbonyl (C=O) groups is 1. The summed E-state index contributed by atoms with van der Waals surface area (Å²) in [5, 5.41) is 0. The van der Waals surface area contributed by atoms with E-state index >= 15 is 0 Å². The Kier molecular flexibility index (Phi) is 4.22. The van der Waals surface area contributed by atoms with Crippen molar-refractivity contribution in [1.29, 1.82) is 0 Å². The molecule has 3 nitrogen and oxygen atoms in total. The van der Waals surface area contributed by atoms with Gasteiger partial charge in [-0.1, -0.05) is 26.7 Å². The minimum Gasteiger partial charge on any atom is -0.464 e. The van der Waals surface area contributed by atoms with Gasteiger partial charge in [-0.05, 0) is 12.8 Å². The SMILES string of the molecule is CCCCOC(=O)[C@@H]1O[C@H]1CCC. The number of carbonyl (C=O) groups excluding carboxylic acids is 1. The first-order valence-electron chi connectivity index (χ1n) is 5.11. The zero-order valence-corrected chi connectivity index (χ0v) is 8.41. The summed E-state index contributed by atoms with van der Waals surface area (Å²) < 4.78 is 10.2. The van der Waals surface area contributed by atoms with Crippen molar-refractivity contribution >= 4 is 5.97 Å². The summed E-state index contributed by atoms with van der Waals surface area (Å²) >= 11 is 0. The second kappa shape index (κ2) is 5.22. The van der Waals surface area contributed by atoms with E-state index in [1.54, 1.807) is 0 Å². The summed E-state index contributed by atoms with van der Waals surface area (Å²) in [4.78, 5) is 11.2. The molecule has 0 spiro atoms. The summed E-state index contributed by atoms with van der Waals surface area (Å²) in [6.07, 6.45) is 3.90. The number of unbranched alkanes of at least 4 members (excludes halogenated alkanes) is 1. The maximum atomic E-state index is 11.2. The fraction of sp³-hybridized carbons (Fsp3) is 0.900. The van der Waals surface area contributed by atoms with E-state index in [1.807, 2.05) is 0 Å². The predicted octanol–water partition coefficient (Wildman–Crippen LogP) is 1.90. The fourth-order valence-electron chi connectivity index (χ4n) is 1.25. The van der Waals surface area contributed by atoms with E-state index in [9.17, 15) is 4.79 Å². The molecule has 1 saturated heterocycles. The van der Waals surface area contributed by atoms with Crippen LogP contribution in [0.1, 0.15) is 39.5 Å². The highest BCUT2D eigenvalue weighted by atomic mass is 16.6. The third-order valence-electron chi connectivity index (χ3n) is 2.13. The van der Waals surface area contributed by atoms with Gasteiger partial charge in [0.15, 0.2) is 6.10 Å². The summed E-state index contributed by atoms with van der Waals surface area (Å²) in [6, 6.07) is 0. The highest BCUT2D eigenvalue weighted by Crippen LogP contribution is 2.27. The number of esters is 1. The van der Waals surface area contributed by atoms with Crippen LogP contribution in [0, 0.1) is 0 Å². The van der Waals surface area contributed by atoms with Crippen LogP contribution in [-0.4, -0.2) is 24.8 Å². The van der Waals surface area contributed by atoms with Crippen molar-refractivity contribution in [3.8, 4) is 0 Å². The van der Waals surface area contributed by atoms with Crippen LogP contribution in [0.5, 0.6) is 0 Å². The minimum absolute atomic E-state index is 0.138. The summed E-state index contributed by atoms with van der Waals surface area (Å²) in [5.41, 5.74) is 0. The van der Waals surface area contributed by atoms with Crippen molar-refractivity contribution in [2.45, 2.75) is 51.7 Å². The lowest BCUT2D eigenvalue weighted by molar-refractivity contribution is -0.145. The summed E-state index contributed by atoms with van der Waals surface area (Å²) in [6.45, 7) is 4.69. The van der Waals surface area contributed by atoms with E-state index in [2.05, 4.69) is 13.8 Å². The molecule has 0 N–H and O–H groups in total. The van der Waals surface area contributed by atoms with Gasteiger partial charge in [0.25, 0.3) is 0 Å². The van der Waals surface area contributed by atoms with Gasteiger partial charge in [-0.25, -0.2) is 4.79 Å². The van der Waals surface area contributed by atoms with E-state index in [0.717, 1.165) is 25.7 Å². The second-order valence-electron chi connectivity index (χ2n) is 3.40. The summed E-state index contributed by atoms with van der Waals surface area (Å²) in [5.74, 6) is -0.174. The van der Waals surface area contributed by atoms with Gasteiger partial charge in [0, 0.05) is 0 Å². The van der Waals surface area contributed by atoms with Crippen molar-refractivity contribution in [3.05, 3.63) is 0 Å². The van der Waals surface area contributed by atoms with Crippen molar-refractivity contribution in [1.82, 2.24) is 0 Å². The van der Waals surface area contributed by atoms with Crippen LogP contribution in [0.3, 0.4) is 0 Å². The molecular formula is C10H18O3. The van der Waals surface area contributed by atoms with Gasteiger partial charge in [0.05, 0.1) is 12.7 Å². The van der Waals surface area contributed by atoms with Crippen LogP contribution in [0.2, 0.25) is 0 Å². The highest BCUT2D eigenvalue weighted by molar-refractivity contribution is 5.77. The van der Waals surface area contributed by atoms with E-state index in [1.165, 1.54) is 0 Å². The lowest BCUT2D eigenvalue weighted by Gasteiger charge is -2.00. The standard InChI is InChI=1S/C10H18O3/c1-3-5-7-12-10(11)9-8(13-9)6-4-2/h8-9H,3-7H2,1-2H3/t8-,9+/m0/s1. The topological polar surface area (TPSA) is 38.8 Å². The van der Waals surface area contributed by atoms with E-state index < -0.39 is 0 Å². The van der Waals surface area contributed by atoms with Crippen LogP contribution in [0.25, 0.3) is 0 Å². The van der Waals surface area contributed by atoms with Gasteiger partial charge in [-0.15, -0.1) is 0 Å². The van der Waals surface area contributed by atoms with E-state index in [-0.39, 0.29) is 18.2 Å². The number of hydrogen-bond donors (Lipinski definition) is 0. The van der Waals surface area contributed by atoms with Crippen LogP contribution in [-0.2, 0) is 14.3 Å². The van der Waals surface area contributed by atoms with Crippen molar-refractivity contribution in [2.75, 3.05) is 6.61 Å². The first-order chi connectivity index (χ1) is 6.29. The average Bonchev–Trinajstić information content (AvgIpc) is 2.85. The Balaban J connectivity index is 2.05. The predicted molar refractivity (Wildman–Crippen MR) is 49.4 cm³/mol. The number of ether oxygens (including phenoxy) is 2. The fourth-order valence-corrected chi connectivity index (χ4v) is 1.25. The molecular weight excluding hydrogens is 168 g/mol. The molecule has 1 fully saturated rings. The van der Waals surface area contributed by atoms with Crippen LogP contribution in [0.4, 0.5) is 0 Å². The Labute approximate surface area is 79.4 Å². The zero-order chi connectivity index (χ0) is 9.68. The van der Waals surface area contributed by atoms with Gasteiger partial charge < -0.3 is 9.47 Å². The Morgan fingerprint density at radius 3 is 2.77 bits per heavy atom. The van der Waals surface area contributed by atoms with E-state index in [4.69, 9.17) is 9.47 Å². The molecule has 1 rings (SSSR count). The van der Waals surface area contributed by atoms with Crippen molar-refractivity contribution < 1.29 is 14.3 Å². The van der Waals surface area contributed by atoms with Crippen molar-refractivity contribution in [2.24, 2.45) is 0 Å². The molecule has 13 heavy (non-hydrogen) atoms.